The molecular weight excluding hydrogens is 630 g/mol. The highest BCUT2D eigenvalue weighted by atomic mass is 19.2. The first-order valence-electron chi connectivity index (χ1n) is 13.7. The number of nitrogens with zero attached hydrogens (tertiary/aromatic N) is 6. The maximum absolute atomic E-state index is 14.1. The molecule has 12 heteroatoms. The second-order valence-corrected chi connectivity index (χ2v) is 10.6. The molecule has 1 heterocycles. The van der Waals surface area contributed by atoms with E-state index in [9.17, 15) is 47.4 Å². The van der Waals surface area contributed by atoms with Gasteiger partial charge in [0.25, 0.3) is 0 Å². The number of allylic oxidation sites excluding steroid dienone is 2. The predicted molar refractivity (Wildman–Crippen MR) is 158 cm³/mol. The van der Waals surface area contributed by atoms with Crippen LogP contribution in [0.3, 0.4) is 0 Å². The van der Waals surface area contributed by atoms with Crippen LogP contribution in [-0.2, 0) is 0 Å². The average Bonchev–Trinajstić information content (AvgIpc) is 3.57. The highest BCUT2D eigenvalue weighted by Gasteiger charge is 2.37. The van der Waals surface area contributed by atoms with E-state index in [2.05, 4.69) is 0 Å². The zero-order chi connectivity index (χ0) is 34.0. The Morgan fingerprint density at radius 2 is 0.750 bits per heavy atom. The maximum Gasteiger partial charge on any atom is 0.194 e. The molecule has 0 unspecified atom stereocenters. The first-order valence-corrected chi connectivity index (χ1v) is 13.7. The summed E-state index contributed by atoms with van der Waals surface area (Å²) < 4.78 is 83.7. The summed E-state index contributed by atoms with van der Waals surface area (Å²) in [6, 6.07) is 19.4. The molecule has 6 nitrogen and oxygen atoms in total. The van der Waals surface area contributed by atoms with E-state index in [1.807, 2.05) is 24.3 Å². The summed E-state index contributed by atoms with van der Waals surface area (Å²) in [4.78, 5) is 9.52. The summed E-state index contributed by atoms with van der Waals surface area (Å²) in [7, 11) is 0. The Balaban J connectivity index is 1.47. The molecule has 0 radical (unpaired) electrons. The number of aromatic nitrogens is 2. The van der Waals surface area contributed by atoms with Crippen LogP contribution in [0, 0.1) is 80.2 Å². The average molecular weight is 641 g/mol. The van der Waals surface area contributed by atoms with Gasteiger partial charge in [-0.05, 0) is 69.8 Å². The minimum atomic E-state index is -1.64. The standard InChI is InChI=1S/C36H10F6N6/c37-25-7-17(8-26(38)31(25)41)15-1-3-21-23(5-15)29(19(11-43)12-44)35-33(21)47-36-30(20(13-45)14-46)24-6-16(2-4-22(24)34(36)48-35)18-9-27(39)32(42)28(40)10-18/h1-10H. The number of nitriles is 4. The first-order chi connectivity index (χ1) is 23.1. The van der Waals surface area contributed by atoms with Gasteiger partial charge in [-0.15, -0.1) is 0 Å². The molecule has 0 saturated heterocycles. The molecule has 0 fully saturated rings. The molecule has 4 aromatic carbocycles. The Morgan fingerprint density at radius 1 is 0.417 bits per heavy atom. The van der Waals surface area contributed by atoms with Crippen molar-refractivity contribution in [2.75, 3.05) is 0 Å². The van der Waals surface area contributed by atoms with Gasteiger partial charge in [0.15, 0.2) is 34.9 Å². The second-order valence-electron chi connectivity index (χ2n) is 10.6. The fourth-order valence-electron chi connectivity index (χ4n) is 5.91. The minimum Gasteiger partial charge on any atom is -0.243 e. The van der Waals surface area contributed by atoms with Crippen molar-refractivity contribution < 1.29 is 26.3 Å². The number of fused-ring (bicyclic) bond motifs is 6. The van der Waals surface area contributed by atoms with Gasteiger partial charge in [-0.1, -0.05) is 24.3 Å². The SMILES string of the molecule is N#CC(C#N)=C1c2cc(-c3cc(F)c(F)c(F)c3)ccc2-c2nc3c(nc21)-c1ccc(-c2cc(F)c(F)c(F)c2)cc1C3=C(C#N)C#N. The molecule has 0 aliphatic heterocycles. The summed E-state index contributed by atoms with van der Waals surface area (Å²) >= 11 is 0. The molecule has 48 heavy (non-hydrogen) atoms. The molecule has 0 N–H and O–H groups in total. The third-order valence-corrected chi connectivity index (χ3v) is 8.04. The lowest BCUT2D eigenvalue weighted by atomic mass is 9.96. The van der Waals surface area contributed by atoms with E-state index in [1.165, 1.54) is 36.4 Å². The quantitative estimate of drug-likeness (QED) is 0.106. The van der Waals surface area contributed by atoms with E-state index < -0.39 is 34.9 Å². The molecule has 0 amide bonds. The van der Waals surface area contributed by atoms with Crippen LogP contribution >= 0.6 is 0 Å². The fraction of sp³-hybridized carbons (Fsp3) is 0. The number of halogens is 6. The van der Waals surface area contributed by atoms with E-state index in [-0.39, 0.29) is 78.4 Å². The fourth-order valence-corrected chi connectivity index (χ4v) is 5.91. The molecule has 2 aliphatic rings. The molecular formula is C36H10F6N6. The Kier molecular flexibility index (Phi) is 6.68. The normalized spacial score (nSPS) is 11.8. The minimum absolute atomic E-state index is 0.0214. The van der Waals surface area contributed by atoms with Crippen LogP contribution in [0.4, 0.5) is 26.3 Å². The van der Waals surface area contributed by atoms with E-state index >= 15 is 0 Å². The van der Waals surface area contributed by atoms with Crippen molar-refractivity contribution in [3.05, 3.63) is 129 Å². The van der Waals surface area contributed by atoms with Gasteiger partial charge in [0.05, 0.1) is 11.4 Å². The molecule has 0 atom stereocenters. The van der Waals surface area contributed by atoms with Gasteiger partial charge < -0.3 is 0 Å². The predicted octanol–water partition coefficient (Wildman–Crippen LogP) is 8.30. The van der Waals surface area contributed by atoms with E-state index in [0.29, 0.717) is 11.1 Å². The van der Waals surface area contributed by atoms with Crippen molar-refractivity contribution in [3.8, 4) is 69.0 Å². The molecule has 0 spiro atoms. The highest BCUT2D eigenvalue weighted by molar-refractivity contribution is 6.07. The monoisotopic (exact) mass is 640 g/mol. The zero-order valence-corrected chi connectivity index (χ0v) is 23.7. The summed E-state index contributed by atoms with van der Waals surface area (Å²) in [5, 5.41) is 39.5. The molecule has 0 bridgehead atoms. The zero-order valence-electron chi connectivity index (χ0n) is 23.7. The number of rotatable bonds is 2. The Bertz CT molecular complexity index is 2320. The molecule has 0 saturated carbocycles. The van der Waals surface area contributed by atoms with Crippen LogP contribution in [0.2, 0.25) is 0 Å². The largest absolute Gasteiger partial charge is 0.243 e. The van der Waals surface area contributed by atoms with Gasteiger partial charge in [-0.3, -0.25) is 0 Å². The van der Waals surface area contributed by atoms with Gasteiger partial charge in [0.1, 0.15) is 46.8 Å². The molecule has 226 valence electrons. The van der Waals surface area contributed by atoms with E-state index in [0.717, 1.165) is 24.3 Å². The Labute approximate surface area is 266 Å². The van der Waals surface area contributed by atoms with Gasteiger partial charge in [-0.25, -0.2) is 36.3 Å². The highest BCUT2D eigenvalue weighted by Crippen LogP contribution is 2.51. The summed E-state index contributed by atoms with van der Waals surface area (Å²) in [6.45, 7) is 0. The van der Waals surface area contributed by atoms with Gasteiger partial charge in [0.2, 0.25) is 0 Å². The van der Waals surface area contributed by atoms with Gasteiger partial charge in [-0.2, -0.15) is 21.0 Å². The lowest BCUT2D eigenvalue weighted by Crippen LogP contribution is -1.98. The van der Waals surface area contributed by atoms with Crippen LogP contribution in [-0.4, -0.2) is 9.97 Å². The summed E-state index contributed by atoms with van der Waals surface area (Å²) in [6.07, 6.45) is 0. The lowest BCUT2D eigenvalue weighted by Gasteiger charge is -2.08. The Hall–Kier alpha value is -7.02. The summed E-state index contributed by atoms with van der Waals surface area (Å²) in [5.74, 6) is -8.95. The van der Waals surface area contributed by atoms with Crippen LogP contribution in [0.25, 0.3) is 55.9 Å². The van der Waals surface area contributed by atoms with Crippen molar-refractivity contribution in [1.29, 1.82) is 21.0 Å². The molecule has 5 aromatic rings. The van der Waals surface area contributed by atoms with E-state index in [4.69, 9.17) is 9.97 Å². The maximum atomic E-state index is 14.1. The van der Waals surface area contributed by atoms with Gasteiger partial charge in [0, 0.05) is 22.3 Å². The third-order valence-electron chi connectivity index (χ3n) is 8.04. The molecule has 1 aromatic heterocycles. The van der Waals surface area contributed by atoms with Crippen LogP contribution in [0.5, 0.6) is 0 Å². The second kappa shape index (κ2) is 10.8. The smallest absolute Gasteiger partial charge is 0.194 e. The van der Waals surface area contributed by atoms with Crippen molar-refractivity contribution in [1.82, 2.24) is 9.97 Å². The molecule has 2 aliphatic carbocycles. The van der Waals surface area contributed by atoms with Crippen LogP contribution in [0.15, 0.2) is 71.8 Å². The topological polar surface area (TPSA) is 121 Å². The van der Waals surface area contributed by atoms with Crippen molar-refractivity contribution >= 4 is 11.1 Å². The van der Waals surface area contributed by atoms with E-state index in [1.54, 1.807) is 0 Å². The van der Waals surface area contributed by atoms with Crippen molar-refractivity contribution in [3.63, 3.8) is 0 Å². The number of hydrogen-bond acceptors (Lipinski definition) is 6. The van der Waals surface area contributed by atoms with Crippen molar-refractivity contribution in [2.45, 2.75) is 0 Å². The van der Waals surface area contributed by atoms with Crippen molar-refractivity contribution in [2.24, 2.45) is 0 Å². The van der Waals surface area contributed by atoms with Crippen LogP contribution in [0.1, 0.15) is 22.5 Å². The lowest BCUT2D eigenvalue weighted by molar-refractivity contribution is 0.447. The summed E-state index contributed by atoms with van der Waals surface area (Å²) in [5.41, 5.74) is 1.52. The third kappa shape index (κ3) is 4.25. The van der Waals surface area contributed by atoms with Crippen LogP contribution < -0.4 is 0 Å². The van der Waals surface area contributed by atoms with Gasteiger partial charge >= 0.3 is 0 Å². The number of benzene rings is 4. The molecule has 7 rings (SSSR count). The Morgan fingerprint density at radius 3 is 1.06 bits per heavy atom. The first kappa shape index (κ1) is 29.7. The number of hydrogen-bond donors (Lipinski definition) is 0.